The van der Waals surface area contributed by atoms with Gasteiger partial charge in [-0.3, -0.25) is 4.79 Å². The predicted molar refractivity (Wildman–Crippen MR) is 115 cm³/mol. The van der Waals surface area contributed by atoms with Gasteiger partial charge in [0.25, 0.3) is 0 Å². The molecule has 2 atom stereocenters. The van der Waals surface area contributed by atoms with E-state index in [0.717, 1.165) is 18.4 Å². The molecule has 1 heterocycles. The molecule has 0 radical (unpaired) electrons. The molecule has 1 fully saturated rings. The van der Waals surface area contributed by atoms with Crippen molar-refractivity contribution in [1.29, 1.82) is 0 Å². The van der Waals surface area contributed by atoms with Crippen LogP contribution in [0, 0.1) is 17.6 Å². The molecule has 2 N–H and O–H groups in total. The molecule has 2 aromatic carbocycles. The first-order valence-corrected chi connectivity index (χ1v) is 10.8. The van der Waals surface area contributed by atoms with E-state index in [1.165, 1.54) is 24.3 Å². The number of carbonyl (C=O) groups is 2. The smallest absolute Gasteiger partial charge is 0.317 e. The summed E-state index contributed by atoms with van der Waals surface area (Å²) in [5.41, 5.74) is 1.54. The van der Waals surface area contributed by atoms with Gasteiger partial charge >= 0.3 is 6.03 Å². The molecule has 31 heavy (non-hydrogen) atoms. The maximum Gasteiger partial charge on any atom is 0.317 e. The average Bonchev–Trinajstić information content (AvgIpc) is 2.78. The zero-order valence-electron chi connectivity index (χ0n) is 17.7. The highest BCUT2D eigenvalue weighted by molar-refractivity contribution is 5.81. The van der Waals surface area contributed by atoms with Crippen LogP contribution in [0.2, 0.25) is 0 Å². The minimum Gasteiger partial charge on any atom is -0.352 e. The Balaban J connectivity index is 1.67. The molecule has 2 unspecified atom stereocenters. The lowest BCUT2D eigenvalue weighted by Gasteiger charge is -2.39. The lowest BCUT2D eigenvalue weighted by molar-refractivity contribution is -0.126. The van der Waals surface area contributed by atoms with Crippen molar-refractivity contribution < 1.29 is 18.4 Å². The summed E-state index contributed by atoms with van der Waals surface area (Å²) in [4.78, 5) is 27.3. The van der Waals surface area contributed by atoms with E-state index < -0.39 is 0 Å². The Labute approximate surface area is 181 Å². The Bertz CT molecular complexity index is 889. The van der Waals surface area contributed by atoms with Gasteiger partial charge in [0.05, 0.1) is 12.0 Å². The minimum atomic E-state index is -0.359. The standard InChI is InChI=1S/C24H29F2N3O2/c1-2-3-13-27-24(31)29-16-19(9-12-22(29)18-7-10-20(25)11-8-18)23(30)28-15-17-5-4-6-21(26)14-17/h4-8,10-11,14,19,22H,2-3,9,12-13,15-16H2,1H3,(H,27,31)(H,28,30). The molecule has 1 saturated heterocycles. The van der Waals surface area contributed by atoms with Crippen molar-refractivity contribution in [2.45, 2.75) is 45.2 Å². The number of rotatable bonds is 7. The molecule has 166 valence electrons. The Morgan fingerprint density at radius 2 is 1.81 bits per heavy atom. The summed E-state index contributed by atoms with van der Waals surface area (Å²) in [5.74, 6) is -1.19. The van der Waals surface area contributed by atoms with Crippen LogP contribution in [0.15, 0.2) is 48.5 Å². The van der Waals surface area contributed by atoms with E-state index in [1.807, 2.05) is 6.92 Å². The third kappa shape index (κ3) is 6.26. The molecule has 3 amide bonds. The van der Waals surface area contributed by atoms with Gasteiger partial charge in [0.2, 0.25) is 5.91 Å². The number of likely N-dealkylation sites (tertiary alicyclic amines) is 1. The molecule has 2 aromatic rings. The van der Waals surface area contributed by atoms with E-state index in [4.69, 9.17) is 0 Å². The summed E-state index contributed by atoms with van der Waals surface area (Å²) in [6, 6.07) is 11.8. The number of nitrogens with zero attached hydrogens (tertiary/aromatic N) is 1. The maximum atomic E-state index is 13.4. The number of carbonyl (C=O) groups excluding carboxylic acids is 2. The Kier molecular flexibility index (Phi) is 7.98. The first kappa shape index (κ1) is 22.7. The van der Waals surface area contributed by atoms with Gasteiger partial charge in [0.15, 0.2) is 0 Å². The van der Waals surface area contributed by atoms with Crippen molar-refractivity contribution in [3.05, 3.63) is 71.3 Å². The second-order valence-electron chi connectivity index (χ2n) is 7.93. The third-order valence-electron chi connectivity index (χ3n) is 5.63. The van der Waals surface area contributed by atoms with Crippen molar-refractivity contribution in [3.63, 3.8) is 0 Å². The average molecular weight is 430 g/mol. The van der Waals surface area contributed by atoms with Crippen LogP contribution in [0.25, 0.3) is 0 Å². The van der Waals surface area contributed by atoms with Crippen LogP contribution in [0.4, 0.5) is 13.6 Å². The molecule has 7 heteroatoms. The highest BCUT2D eigenvalue weighted by atomic mass is 19.1. The zero-order chi connectivity index (χ0) is 22.2. The number of hydrogen-bond acceptors (Lipinski definition) is 2. The van der Waals surface area contributed by atoms with Crippen molar-refractivity contribution in [3.8, 4) is 0 Å². The fourth-order valence-electron chi connectivity index (χ4n) is 3.89. The van der Waals surface area contributed by atoms with Gasteiger partial charge in [0.1, 0.15) is 11.6 Å². The number of benzene rings is 2. The number of unbranched alkanes of at least 4 members (excludes halogenated alkanes) is 1. The summed E-state index contributed by atoms with van der Waals surface area (Å²) in [7, 11) is 0. The SMILES string of the molecule is CCCCNC(=O)N1CC(C(=O)NCc2cccc(F)c2)CCC1c1ccc(F)cc1. The summed E-state index contributed by atoms with van der Waals surface area (Å²) in [6.07, 6.45) is 3.05. The van der Waals surface area contributed by atoms with Gasteiger partial charge in [-0.1, -0.05) is 37.6 Å². The predicted octanol–water partition coefficient (Wildman–Crippen LogP) is 4.54. The monoisotopic (exact) mass is 429 g/mol. The van der Waals surface area contributed by atoms with Crippen LogP contribution in [0.5, 0.6) is 0 Å². The zero-order valence-corrected chi connectivity index (χ0v) is 17.7. The molecule has 0 spiro atoms. The van der Waals surface area contributed by atoms with Crippen LogP contribution < -0.4 is 10.6 Å². The second-order valence-corrected chi connectivity index (χ2v) is 7.93. The molecule has 1 aliphatic heterocycles. The number of urea groups is 1. The molecule has 3 rings (SSSR count). The van der Waals surface area contributed by atoms with Crippen molar-refractivity contribution in [1.82, 2.24) is 15.5 Å². The van der Waals surface area contributed by atoms with Crippen LogP contribution in [0.3, 0.4) is 0 Å². The second kappa shape index (κ2) is 10.9. The Morgan fingerprint density at radius 3 is 2.52 bits per heavy atom. The van der Waals surface area contributed by atoms with Gasteiger partial charge < -0.3 is 15.5 Å². The lowest BCUT2D eigenvalue weighted by atomic mass is 9.88. The Morgan fingerprint density at radius 1 is 1.03 bits per heavy atom. The maximum absolute atomic E-state index is 13.4. The van der Waals surface area contributed by atoms with Crippen LogP contribution in [0.1, 0.15) is 49.8 Å². The number of amides is 3. The largest absolute Gasteiger partial charge is 0.352 e. The van der Waals surface area contributed by atoms with E-state index in [-0.39, 0.29) is 48.6 Å². The molecule has 0 saturated carbocycles. The van der Waals surface area contributed by atoms with E-state index in [1.54, 1.807) is 29.2 Å². The lowest BCUT2D eigenvalue weighted by Crippen LogP contribution is -2.50. The quantitative estimate of drug-likeness (QED) is 0.635. The number of hydrogen-bond donors (Lipinski definition) is 2. The molecular weight excluding hydrogens is 400 g/mol. The van der Waals surface area contributed by atoms with Crippen LogP contribution in [-0.2, 0) is 11.3 Å². The van der Waals surface area contributed by atoms with E-state index in [0.29, 0.717) is 24.9 Å². The van der Waals surface area contributed by atoms with Crippen molar-refractivity contribution in [2.75, 3.05) is 13.1 Å². The van der Waals surface area contributed by atoms with E-state index in [2.05, 4.69) is 10.6 Å². The first-order valence-electron chi connectivity index (χ1n) is 10.8. The van der Waals surface area contributed by atoms with E-state index >= 15 is 0 Å². The molecule has 1 aliphatic rings. The van der Waals surface area contributed by atoms with Crippen LogP contribution >= 0.6 is 0 Å². The van der Waals surface area contributed by atoms with Crippen LogP contribution in [-0.4, -0.2) is 29.9 Å². The normalized spacial score (nSPS) is 18.5. The summed E-state index contributed by atoms with van der Waals surface area (Å²) in [6.45, 7) is 3.12. The van der Waals surface area contributed by atoms with Crippen molar-refractivity contribution >= 4 is 11.9 Å². The summed E-state index contributed by atoms with van der Waals surface area (Å²) >= 11 is 0. The van der Waals surface area contributed by atoms with E-state index in [9.17, 15) is 18.4 Å². The number of nitrogens with one attached hydrogen (secondary N) is 2. The van der Waals surface area contributed by atoms with Gasteiger partial charge in [0, 0.05) is 19.6 Å². The van der Waals surface area contributed by atoms with Gasteiger partial charge in [-0.25, -0.2) is 13.6 Å². The molecule has 0 bridgehead atoms. The molecule has 0 aromatic heterocycles. The summed E-state index contributed by atoms with van der Waals surface area (Å²) < 4.78 is 26.7. The third-order valence-corrected chi connectivity index (χ3v) is 5.63. The Hall–Kier alpha value is -2.96. The highest BCUT2D eigenvalue weighted by Gasteiger charge is 2.35. The molecule has 0 aliphatic carbocycles. The van der Waals surface area contributed by atoms with Gasteiger partial charge in [-0.05, 0) is 54.7 Å². The fourth-order valence-corrected chi connectivity index (χ4v) is 3.89. The topological polar surface area (TPSA) is 61.4 Å². The molecular formula is C24H29F2N3O2. The highest BCUT2D eigenvalue weighted by Crippen LogP contribution is 2.33. The number of halogens is 2. The van der Waals surface area contributed by atoms with Gasteiger partial charge in [-0.15, -0.1) is 0 Å². The van der Waals surface area contributed by atoms with Crippen molar-refractivity contribution in [2.24, 2.45) is 5.92 Å². The minimum absolute atomic E-state index is 0.159. The number of piperidine rings is 1. The summed E-state index contributed by atoms with van der Waals surface area (Å²) in [5, 5.41) is 5.78. The molecule has 5 nitrogen and oxygen atoms in total. The first-order chi connectivity index (χ1) is 15.0. The van der Waals surface area contributed by atoms with Gasteiger partial charge in [-0.2, -0.15) is 0 Å². The fraction of sp³-hybridized carbons (Fsp3) is 0.417.